The smallest absolute Gasteiger partial charge is 0.166 e. The topological polar surface area (TPSA) is 27.3 Å². The van der Waals surface area contributed by atoms with Gasteiger partial charge < -0.3 is 15.5 Å². The highest BCUT2D eigenvalue weighted by molar-refractivity contribution is 7.80. The van der Waals surface area contributed by atoms with Crippen LogP contribution in [0.5, 0.6) is 0 Å². The van der Waals surface area contributed by atoms with E-state index < -0.39 is 0 Å². The molecule has 0 aromatic rings. The molecule has 0 aromatic heterocycles. The Morgan fingerprint density at radius 2 is 1.61 bits per heavy atom. The molecule has 0 amide bonds. The molecule has 0 radical (unpaired) electrons. The summed E-state index contributed by atoms with van der Waals surface area (Å²) in [7, 11) is 2.21. The highest BCUT2D eigenvalue weighted by Gasteiger charge is 2.50. The van der Waals surface area contributed by atoms with Gasteiger partial charge in [-0.2, -0.15) is 0 Å². The minimum atomic E-state index is 0.575. The van der Waals surface area contributed by atoms with Gasteiger partial charge in [-0.1, -0.05) is 0 Å². The van der Waals surface area contributed by atoms with Crippen molar-refractivity contribution in [3.8, 4) is 0 Å². The average molecular weight is 336 g/mol. The quantitative estimate of drug-likeness (QED) is 0.772. The zero-order valence-electron chi connectivity index (χ0n) is 14.7. The van der Waals surface area contributed by atoms with Crippen molar-refractivity contribution in [2.75, 3.05) is 26.7 Å². The van der Waals surface area contributed by atoms with Crippen molar-refractivity contribution >= 4 is 17.3 Å². The number of hydrogen-bond acceptors (Lipinski definition) is 2. The maximum absolute atomic E-state index is 5.54. The molecule has 0 unspecified atom stereocenters. The van der Waals surface area contributed by atoms with Gasteiger partial charge in [0.25, 0.3) is 0 Å². The Hall–Kier alpha value is -0.350. The number of rotatable bonds is 4. The monoisotopic (exact) mass is 335 g/mol. The SMILES string of the molecule is CN1CCC(NC(=S)NCCC23CC4CC(CC(C4)C2)C3)CC1. The molecule has 0 spiro atoms. The molecule has 0 atom stereocenters. The fourth-order valence-electron chi connectivity index (χ4n) is 6.43. The van der Waals surface area contributed by atoms with Gasteiger partial charge in [-0.15, -0.1) is 0 Å². The molecule has 5 fully saturated rings. The van der Waals surface area contributed by atoms with Crippen molar-refractivity contribution in [1.82, 2.24) is 15.5 Å². The second kappa shape index (κ2) is 6.51. The number of hydrogen-bond donors (Lipinski definition) is 2. The molecule has 5 rings (SSSR count). The summed E-state index contributed by atoms with van der Waals surface area (Å²) >= 11 is 5.54. The Kier molecular flexibility index (Phi) is 4.57. The van der Waals surface area contributed by atoms with Crippen LogP contribution < -0.4 is 10.6 Å². The van der Waals surface area contributed by atoms with Gasteiger partial charge in [0.15, 0.2) is 5.11 Å². The Bertz CT molecular complexity index is 407. The summed E-state index contributed by atoms with van der Waals surface area (Å²) in [6.45, 7) is 3.45. The maximum atomic E-state index is 5.54. The van der Waals surface area contributed by atoms with Gasteiger partial charge in [-0.3, -0.25) is 0 Å². The number of nitrogens with one attached hydrogen (secondary N) is 2. The van der Waals surface area contributed by atoms with Crippen LogP contribution in [0.1, 0.15) is 57.8 Å². The van der Waals surface area contributed by atoms with E-state index in [4.69, 9.17) is 12.2 Å². The standard InChI is InChI=1S/C19H33N3S/c1-22-6-2-17(3-7-22)21-18(23)20-5-4-19-11-14-8-15(12-19)10-16(9-14)13-19/h14-17H,2-13H2,1H3,(H2,20,21,23). The molecule has 2 N–H and O–H groups in total. The van der Waals surface area contributed by atoms with E-state index in [1.54, 1.807) is 19.3 Å². The molecule has 0 aromatic carbocycles. The Morgan fingerprint density at radius 1 is 1.04 bits per heavy atom. The molecular weight excluding hydrogens is 302 g/mol. The third-order valence-corrected chi connectivity index (χ3v) is 7.42. The van der Waals surface area contributed by atoms with Gasteiger partial charge in [-0.25, -0.2) is 0 Å². The van der Waals surface area contributed by atoms with E-state index in [1.165, 1.54) is 51.6 Å². The molecule has 23 heavy (non-hydrogen) atoms. The van der Waals surface area contributed by atoms with Crippen molar-refractivity contribution in [2.45, 2.75) is 63.8 Å². The number of thiocarbonyl (C=S) groups is 1. The lowest BCUT2D eigenvalue weighted by Crippen LogP contribution is -2.49. The third-order valence-electron chi connectivity index (χ3n) is 7.16. The molecule has 1 heterocycles. The summed E-state index contributed by atoms with van der Waals surface area (Å²) in [5, 5.41) is 7.96. The third kappa shape index (κ3) is 3.68. The average Bonchev–Trinajstić information content (AvgIpc) is 2.48. The summed E-state index contributed by atoms with van der Waals surface area (Å²) in [5.74, 6) is 3.18. The van der Waals surface area contributed by atoms with E-state index in [2.05, 4.69) is 22.6 Å². The number of likely N-dealkylation sites (tertiary alicyclic amines) is 1. The first-order valence-corrected chi connectivity index (χ1v) is 10.2. The lowest BCUT2D eigenvalue weighted by atomic mass is 9.49. The van der Waals surface area contributed by atoms with Gasteiger partial charge in [-0.05, 0) is 113 Å². The zero-order chi connectivity index (χ0) is 15.9. The highest BCUT2D eigenvalue weighted by atomic mass is 32.1. The van der Waals surface area contributed by atoms with E-state index >= 15 is 0 Å². The zero-order valence-corrected chi connectivity index (χ0v) is 15.5. The minimum absolute atomic E-state index is 0.575. The summed E-state index contributed by atoms with van der Waals surface area (Å²) in [6.07, 6.45) is 12.9. The number of nitrogens with zero attached hydrogens (tertiary/aromatic N) is 1. The van der Waals surface area contributed by atoms with Gasteiger partial charge in [0.05, 0.1) is 0 Å². The second-order valence-electron chi connectivity index (χ2n) is 9.15. The normalized spacial score (nSPS) is 40.3. The Balaban J connectivity index is 1.20. The first-order valence-electron chi connectivity index (χ1n) is 9.83. The minimum Gasteiger partial charge on any atom is -0.363 e. The molecule has 4 saturated carbocycles. The van der Waals surface area contributed by atoms with E-state index in [0.29, 0.717) is 11.5 Å². The van der Waals surface area contributed by atoms with Crippen molar-refractivity contribution in [3.05, 3.63) is 0 Å². The van der Waals surface area contributed by atoms with Gasteiger partial charge in [0, 0.05) is 12.6 Å². The molecule has 4 aliphatic carbocycles. The number of piperidine rings is 1. The summed E-state index contributed by atoms with van der Waals surface area (Å²) in [5.41, 5.74) is 0.672. The fraction of sp³-hybridized carbons (Fsp3) is 0.947. The predicted octanol–water partition coefficient (Wildman–Crippen LogP) is 3.15. The van der Waals surface area contributed by atoms with Crippen LogP contribution in [0, 0.1) is 23.2 Å². The molecule has 1 saturated heterocycles. The van der Waals surface area contributed by atoms with Crippen LogP contribution >= 0.6 is 12.2 Å². The molecule has 4 bridgehead atoms. The fourth-order valence-corrected chi connectivity index (χ4v) is 6.70. The summed E-state index contributed by atoms with van der Waals surface area (Å²) < 4.78 is 0. The lowest BCUT2D eigenvalue weighted by Gasteiger charge is -2.57. The molecule has 3 nitrogen and oxygen atoms in total. The van der Waals surface area contributed by atoms with Crippen molar-refractivity contribution in [1.29, 1.82) is 0 Å². The molecule has 130 valence electrons. The summed E-state index contributed by atoms with van der Waals surface area (Å²) in [6, 6.07) is 0.575. The second-order valence-corrected chi connectivity index (χ2v) is 9.55. The van der Waals surface area contributed by atoms with Gasteiger partial charge in [0.2, 0.25) is 0 Å². The molecule has 4 heteroatoms. The van der Waals surface area contributed by atoms with Crippen molar-refractivity contribution in [2.24, 2.45) is 23.2 Å². The molecule has 5 aliphatic rings. The van der Waals surface area contributed by atoms with Gasteiger partial charge >= 0.3 is 0 Å². The van der Waals surface area contributed by atoms with Crippen molar-refractivity contribution < 1.29 is 0 Å². The van der Waals surface area contributed by atoms with E-state index in [9.17, 15) is 0 Å². The predicted molar refractivity (Wildman–Crippen MR) is 99.5 cm³/mol. The van der Waals surface area contributed by atoms with Crippen LogP contribution in [0.3, 0.4) is 0 Å². The maximum Gasteiger partial charge on any atom is 0.166 e. The highest BCUT2D eigenvalue weighted by Crippen LogP contribution is 2.61. The van der Waals surface area contributed by atoms with Crippen LogP contribution in [-0.4, -0.2) is 42.7 Å². The summed E-state index contributed by atoms with van der Waals surface area (Å²) in [4.78, 5) is 2.40. The van der Waals surface area contributed by atoms with E-state index in [-0.39, 0.29) is 0 Å². The molecule has 1 aliphatic heterocycles. The van der Waals surface area contributed by atoms with Crippen LogP contribution in [0.4, 0.5) is 0 Å². The van der Waals surface area contributed by atoms with Crippen LogP contribution in [0.25, 0.3) is 0 Å². The van der Waals surface area contributed by atoms with Crippen LogP contribution in [0.2, 0.25) is 0 Å². The van der Waals surface area contributed by atoms with Crippen LogP contribution in [-0.2, 0) is 0 Å². The Labute approximate surface area is 147 Å². The van der Waals surface area contributed by atoms with Crippen molar-refractivity contribution in [3.63, 3.8) is 0 Å². The van der Waals surface area contributed by atoms with Crippen LogP contribution in [0.15, 0.2) is 0 Å². The largest absolute Gasteiger partial charge is 0.363 e. The molecular formula is C19H33N3S. The van der Waals surface area contributed by atoms with E-state index in [1.807, 2.05) is 0 Å². The van der Waals surface area contributed by atoms with Gasteiger partial charge in [0.1, 0.15) is 0 Å². The Morgan fingerprint density at radius 3 is 2.17 bits per heavy atom. The lowest BCUT2D eigenvalue weighted by molar-refractivity contribution is -0.0562. The van der Waals surface area contributed by atoms with E-state index in [0.717, 1.165) is 29.4 Å². The first-order chi connectivity index (χ1) is 11.1. The first kappa shape index (κ1) is 16.1.